The normalized spacial score (nSPS) is 12.1. The predicted octanol–water partition coefficient (Wildman–Crippen LogP) is 2.18. The second kappa shape index (κ2) is 7.34. The zero-order valence-corrected chi connectivity index (χ0v) is 12.7. The van der Waals surface area contributed by atoms with Gasteiger partial charge in [0.2, 0.25) is 0 Å². The summed E-state index contributed by atoms with van der Waals surface area (Å²) >= 11 is 0.301. The molecular weight excluding hydrogens is 303 g/mol. The van der Waals surface area contributed by atoms with Crippen molar-refractivity contribution in [2.24, 2.45) is 0 Å². The number of aliphatic hydroxyl groups is 1. The third-order valence-corrected chi connectivity index (χ3v) is 5.14. The molecule has 0 radical (unpaired) electrons. The fourth-order valence-corrected chi connectivity index (χ4v) is 3.40. The molecule has 2 aromatic carbocycles. The van der Waals surface area contributed by atoms with Crippen LogP contribution >= 0.6 is 0 Å². The molecule has 3 heteroatoms. The molecule has 1 unspecified atom stereocenters. The zero-order valence-electron chi connectivity index (χ0n) is 11.0. The maximum absolute atomic E-state index is 9.95. The molecule has 0 aliphatic heterocycles. The van der Waals surface area contributed by atoms with Crippen LogP contribution in [-0.4, -0.2) is 32.8 Å². The Morgan fingerprint density at radius 3 is 2.47 bits per heavy atom. The average molecular weight is 321 g/mol. The Bertz CT molecular complexity index is 499. The summed E-state index contributed by atoms with van der Waals surface area (Å²) in [5, 5.41) is 10.7. The summed E-state index contributed by atoms with van der Waals surface area (Å²) < 4.78 is 6.96. The number of hydrogen-bond acceptors (Lipinski definition) is 2. The molecule has 0 bridgehead atoms. The van der Waals surface area contributed by atoms with Crippen LogP contribution in [0.3, 0.4) is 0 Å². The Balaban J connectivity index is 1.76. The van der Waals surface area contributed by atoms with Crippen molar-refractivity contribution in [3.8, 4) is 5.75 Å². The molecule has 100 valence electrons. The number of benzene rings is 2. The van der Waals surface area contributed by atoms with E-state index in [0.29, 0.717) is 21.6 Å². The van der Waals surface area contributed by atoms with Gasteiger partial charge in [-0.25, -0.2) is 0 Å². The molecule has 0 fully saturated rings. The third kappa shape index (κ3) is 4.71. The molecule has 19 heavy (non-hydrogen) atoms. The summed E-state index contributed by atoms with van der Waals surface area (Å²) in [4.78, 5) is 0. The average Bonchev–Trinajstić information content (AvgIpc) is 2.45. The zero-order chi connectivity index (χ0) is 13.5. The number of aliphatic hydroxyl groups excluding tert-OH is 1. The number of para-hydroxylation sites is 1. The first-order valence-corrected chi connectivity index (χ1v) is 8.37. The standard InChI is InChI=1S/C16H18O2Se/c1-13-7-5-6-10-16(13)18-11-14(17)12-19-15-8-3-2-4-9-15/h2-10,14,17H,11-12H2,1H3. The van der Waals surface area contributed by atoms with Gasteiger partial charge < -0.3 is 0 Å². The van der Waals surface area contributed by atoms with Crippen LogP contribution in [0.1, 0.15) is 5.56 Å². The van der Waals surface area contributed by atoms with Gasteiger partial charge in [0.1, 0.15) is 0 Å². The molecule has 2 rings (SSSR count). The van der Waals surface area contributed by atoms with E-state index < -0.39 is 6.10 Å². The van der Waals surface area contributed by atoms with Crippen molar-refractivity contribution >= 4 is 19.4 Å². The third-order valence-electron chi connectivity index (χ3n) is 2.71. The second-order valence-corrected chi connectivity index (χ2v) is 6.65. The summed E-state index contributed by atoms with van der Waals surface area (Å²) in [6.07, 6.45) is -0.403. The first-order chi connectivity index (χ1) is 9.25. The molecule has 1 N–H and O–H groups in total. The van der Waals surface area contributed by atoms with Crippen molar-refractivity contribution in [1.82, 2.24) is 0 Å². The van der Waals surface area contributed by atoms with Gasteiger partial charge >= 0.3 is 120 Å². The molecule has 0 amide bonds. The Morgan fingerprint density at radius 2 is 1.74 bits per heavy atom. The summed E-state index contributed by atoms with van der Waals surface area (Å²) in [6, 6.07) is 18.2. The summed E-state index contributed by atoms with van der Waals surface area (Å²) in [6.45, 7) is 2.37. The molecule has 0 heterocycles. The van der Waals surface area contributed by atoms with Gasteiger partial charge in [0.15, 0.2) is 0 Å². The topological polar surface area (TPSA) is 29.5 Å². The van der Waals surface area contributed by atoms with Gasteiger partial charge in [0.05, 0.1) is 0 Å². The molecule has 0 saturated heterocycles. The van der Waals surface area contributed by atoms with E-state index in [4.69, 9.17) is 4.74 Å². The minimum absolute atomic E-state index is 0.301. The van der Waals surface area contributed by atoms with Crippen LogP contribution in [0.5, 0.6) is 5.75 Å². The van der Waals surface area contributed by atoms with Gasteiger partial charge in [-0.2, -0.15) is 0 Å². The van der Waals surface area contributed by atoms with E-state index in [9.17, 15) is 5.11 Å². The Morgan fingerprint density at radius 1 is 1.05 bits per heavy atom. The van der Waals surface area contributed by atoms with Crippen LogP contribution in [0.25, 0.3) is 0 Å². The van der Waals surface area contributed by atoms with Gasteiger partial charge in [-0.05, 0) is 0 Å². The van der Waals surface area contributed by atoms with E-state index in [-0.39, 0.29) is 0 Å². The molecule has 0 saturated carbocycles. The second-order valence-electron chi connectivity index (χ2n) is 4.35. The van der Waals surface area contributed by atoms with Crippen LogP contribution in [0.15, 0.2) is 54.6 Å². The molecule has 0 aliphatic carbocycles. The fourth-order valence-electron chi connectivity index (χ4n) is 1.66. The predicted molar refractivity (Wildman–Crippen MR) is 79.3 cm³/mol. The monoisotopic (exact) mass is 322 g/mol. The Kier molecular flexibility index (Phi) is 5.46. The van der Waals surface area contributed by atoms with Crippen molar-refractivity contribution in [3.63, 3.8) is 0 Å². The Labute approximate surface area is 120 Å². The molecule has 1 atom stereocenters. The number of aryl methyl sites for hydroxylation is 1. The molecule has 2 nitrogen and oxygen atoms in total. The quantitative estimate of drug-likeness (QED) is 0.827. The van der Waals surface area contributed by atoms with Crippen LogP contribution in [0.2, 0.25) is 5.32 Å². The molecule has 0 aliphatic rings. The van der Waals surface area contributed by atoms with Gasteiger partial charge in [0, 0.05) is 0 Å². The van der Waals surface area contributed by atoms with Crippen LogP contribution in [0.4, 0.5) is 0 Å². The van der Waals surface area contributed by atoms with E-state index in [1.165, 1.54) is 4.46 Å². The number of ether oxygens (including phenoxy) is 1. The maximum atomic E-state index is 9.95. The molecular formula is C16H18O2Se. The fraction of sp³-hybridized carbons (Fsp3) is 0.250. The van der Waals surface area contributed by atoms with E-state index in [1.807, 2.05) is 49.4 Å². The summed E-state index contributed by atoms with van der Waals surface area (Å²) in [5.41, 5.74) is 1.10. The summed E-state index contributed by atoms with van der Waals surface area (Å²) in [5.74, 6) is 0.855. The van der Waals surface area contributed by atoms with E-state index in [2.05, 4.69) is 12.1 Å². The minimum atomic E-state index is -0.403. The van der Waals surface area contributed by atoms with Crippen LogP contribution in [0, 0.1) is 6.92 Å². The van der Waals surface area contributed by atoms with Crippen LogP contribution in [-0.2, 0) is 0 Å². The first kappa shape index (κ1) is 14.1. The first-order valence-electron chi connectivity index (χ1n) is 6.30. The molecule has 2 aromatic rings. The van der Waals surface area contributed by atoms with Crippen molar-refractivity contribution in [1.29, 1.82) is 0 Å². The SMILES string of the molecule is Cc1ccccc1OCC(O)C[Se]c1ccccc1. The number of rotatable bonds is 6. The molecule has 0 spiro atoms. The Hall–Kier alpha value is -1.28. The van der Waals surface area contributed by atoms with Gasteiger partial charge in [0.25, 0.3) is 0 Å². The van der Waals surface area contributed by atoms with Crippen molar-refractivity contribution in [2.45, 2.75) is 18.3 Å². The van der Waals surface area contributed by atoms with Crippen molar-refractivity contribution < 1.29 is 9.84 Å². The van der Waals surface area contributed by atoms with Gasteiger partial charge in [-0.3, -0.25) is 0 Å². The van der Waals surface area contributed by atoms with Gasteiger partial charge in [-0.15, -0.1) is 0 Å². The van der Waals surface area contributed by atoms with Gasteiger partial charge in [-0.1, -0.05) is 0 Å². The van der Waals surface area contributed by atoms with Crippen molar-refractivity contribution in [2.75, 3.05) is 6.61 Å². The summed E-state index contributed by atoms with van der Waals surface area (Å²) in [7, 11) is 0. The van der Waals surface area contributed by atoms with E-state index in [1.54, 1.807) is 0 Å². The van der Waals surface area contributed by atoms with E-state index in [0.717, 1.165) is 16.6 Å². The number of hydrogen-bond donors (Lipinski definition) is 1. The van der Waals surface area contributed by atoms with Crippen LogP contribution < -0.4 is 9.20 Å². The van der Waals surface area contributed by atoms with Crippen molar-refractivity contribution in [3.05, 3.63) is 60.2 Å². The molecule has 0 aromatic heterocycles. The van der Waals surface area contributed by atoms with E-state index >= 15 is 0 Å².